The van der Waals surface area contributed by atoms with Crippen LogP contribution in [-0.4, -0.2) is 12.2 Å². The van der Waals surface area contributed by atoms with Crippen LogP contribution in [0.25, 0.3) is 0 Å². The number of aromatic hydroxyl groups is 1. The molecule has 0 saturated heterocycles. The maximum absolute atomic E-state index is 13.2. The predicted molar refractivity (Wildman–Crippen MR) is 71.3 cm³/mol. The van der Waals surface area contributed by atoms with Crippen molar-refractivity contribution < 1.29 is 13.9 Å². The van der Waals surface area contributed by atoms with Gasteiger partial charge in [-0.25, -0.2) is 8.78 Å². The van der Waals surface area contributed by atoms with Crippen LogP contribution in [-0.2, 0) is 6.54 Å². The maximum atomic E-state index is 13.2. The summed E-state index contributed by atoms with van der Waals surface area (Å²) in [4.78, 5) is 1.89. The first-order valence-electron chi connectivity index (χ1n) is 5.92. The lowest BCUT2D eigenvalue weighted by molar-refractivity contribution is 0.395. The predicted octanol–water partition coefficient (Wildman–Crippen LogP) is 3.62. The number of nitrogens with zero attached hydrogens (tertiary/aromatic N) is 1. The Morgan fingerprint density at radius 2 is 1.74 bits per heavy atom. The number of phenolic OH excluding ortho intramolecular Hbond substituents is 1. The minimum Gasteiger partial charge on any atom is -0.503 e. The molecule has 0 aliphatic heterocycles. The van der Waals surface area contributed by atoms with Crippen LogP contribution in [0.4, 0.5) is 14.5 Å². The minimum absolute atomic E-state index is 0.359. The van der Waals surface area contributed by atoms with Crippen LogP contribution in [0, 0.1) is 18.6 Å². The van der Waals surface area contributed by atoms with Crippen molar-refractivity contribution in [3.63, 3.8) is 0 Å². The molecule has 0 saturated carbocycles. The highest BCUT2D eigenvalue weighted by atomic mass is 19.1. The van der Waals surface area contributed by atoms with E-state index in [-0.39, 0.29) is 0 Å². The Hall–Kier alpha value is -2.10. The number of benzene rings is 2. The van der Waals surface area contributed by atoms with Gasteiger partial charge in [-0.2, -0.15) is 0 Å². The molecule has 0 aromatic heterocycles. The molecule has 19 heavy (non-hydrogen) atoms. The van der Waals surface area contributed by atoms with Gasteiger partial charge in [-0.05, 0) is 42.3 Å². The SMILES string of the molecule is Cc1cccc(N(C)Cc2cc(F)c(O)c(F)c2)c1. The number of phenols is 1. The van der Waals surface area contributed by atoms with Gasteiger partial charge in [-0.3, -0.25) is 0 Å². The first-order chi connectivity index (χ1) is 8.97. The number of halogens is 2. The summed E-state index contributed by atoms with van der Waals surface area (Å²) in [5.74, 6) is -2.80. The highest BCUT2D eigenvalue weighted by molar-refractivity contribution is 5.48. The van der Waals surface area contributed by atoms with Crippen molar-refractivity contribution in [1.29, 1.82) is 0 Å². The normalized spacial score (nSPS) is 10.5. The molecule has 2 nitrogen and oxygen atoms in total. The fraction of sp³-hybridized carbons (Fsp3) is 0.200. The van der Waals surface area contributed by atoms with Gasteiger partial charge >= 0.3 is 0 Å². The zero-order valence-corrected chi connectivity index (χ0v) is 10.8. The van der Waals surface area contributed by atoms with E-state index in [0.29, 0.717) is 12.1 Å². The summed E-state index contributed by atoms with van der Waals surface area (Å²) in [5, 5.41) is 9.05. The van der Waals surface area contributed by atoms with Gasteiger partial charge in [0.15, 0.2) is 17.4 Å². The summed E-state index contributed by atoms with van der Waals surface area (Å²) < 4.78 is 26.5. The molecule has 0 unspecified atom stereocenters. The monoisotopic (exact) mass is 263 g/mol. The third-order valence-electron chi connectivity index (χ3n) is 2.94. The molecule has 100 valence electrons. The van der Waals surface area contributed by atoms with Crippen molar-refractivity contribution in [1.82, 2.24) is 0 Å². The zero-order valence-electron chi connectivity index (χ0n) is 10.8. The number of hydrogen-bond acceptors (Lipinski definition) is 2. The third-order valence-corrected chi connectivity index (χ3v) is 2.94. The number of aryl methyl sites for hydroxylation is 1. The zero-order chi connectivity index (χ0) is 14.0. The van der Waals surface area contributed by atoms with E-state index in [4.69, 9.17) is 5.11 Å². The van der Waals surface area contributed by atoms with Crippen molar-refractivity contribution in [2.75, 3.05) is 11.9 Å². The van der Waals surface area contributed by atoms with Gasteiger partial charge in [0.05, 0.1) is 0 Å². The molecule has 0 aliphatic carbocycles. The first-order valence-corrected chi connectivity index (χ1v) is 5.92. The minimum atomic E-state index is -0.937. The second-order valence-corrected chi connectivity index (χ2v) is 4.60. The molecule has 4 heteroatoms. The molecule has 2 rings (SSSR count). The second kappa shape index (κ2) is 5.26. The molecule has 0 aliphatic rings. The van der Waals surface area contributed by atoms with E-state index in [9.17, 15) is 8.78 Å². The summed E-state index contributed by atoms with van der Waals surface area (Å²) in [6.07, 6.45) is 0. The number of anilines is 1. The third kappa shape index (κ3) is 3.02. The molecular formula is C15H15F2NO. The molecular weight excluding hydrogens is 248 g/mol. The quantitative estimate of drug-likeness (QED) is 0.914. The summed E-state index contributed by atoms with van der Waals surface area (Å²) in [6.45, 7) is 2.34. The highest BCUT2D eigenvalue weighted by Gasteiger charge is 2.11. The van der Waals surface area contributed by atoms with Crippen molar-refractivity contribution in [2.45, 2.75) is 13.5 Å². The second-order valence-electron chi connectivity index (χ2n) is 4.60. The number of hydrogen-bond donors (Lipinski definition) is 1. The molecule has 2 aromatic rings. The van der Waals surface area contributed by atoms with Gasteiger partial charge < -0.3 is 10.0 Å². The summed E-state index contributed by atoms with van der Waals surface area (Å²) in [5.41, 5.74) is 2.55. The maximum Gasteiger partial charge on any atom is 0.187 e. The molecule has 0 atom stereocenters. The van der Waals surface area contributed by atoms with Crippen LogP contribution in [0.3, 0.4) is 0 Å². The van der Waals surface area contributed by atoms with E-state index in [1.807, 2.05) is 43.1 Å². The average molecular weight is 263 g/mol. The summed E-state index contributed by atoms with van der Waals surface area (Å²) in [6, 6.07) is 10.1. The molecule has 0 amide bonds. The molecule has 0 bridgehead atoms. The van der Waals surface area contributed by atoms with Crippen LogP contribution in [0.15, 0.2) is 36.4 Å². The van der Waals surface area contributed by atoms with Gasteiger partial charge in [0, 0.05) is 19.3 Å². The Bertz CT molecular complexity index is 575. The van der Waals surface area contributed by atoms with E-state index < -0.39 is 17.4 Å². The van der Waals surface area contributed by atoms with Gasteiger partial charge in [-0.1, -0.05) is 12.1 Å². The lowest BCUT2D eigenvalue weighted by Gasteiger charge is -2.20. The molecule has 0 spiro atoms. The van der Waals surface area contributed by atoms with E-state index in [2.05, 4.69) is 0 Å². The first kappa shape index (κ1) is 13.3. The van der Waals surface area contributed by atoms with Crippen molar-refractivity contribution in [2.24, 2.45) is 0 Å². The highest BCUT2D eigenvalue weighted by Crippen LogP contribution is 2.23. The van der Waals surface area contributed by atoms with Crippen molar-refractivity contribution >= 4 is 5.69 Å². The van der Waals surface area contributed by atoms with Gasteiger partial charge in [-0.15, -0.1) is 0 Å². The van der Waals surface area contributed by atoms with E-state index in [1.54, 1.807) is 0 Å². The fourth-order valence-corrected chi connectivity index (χ4v) is 1.94. The van der Waals surface area contributed by atoms with Gasteiger partial charge in [0.25, 0.3) is 0 Å². The van der Waals surface area contributed by atoms with Gasteiger partial charge in [0.1, 0.15) is 0 Å². The Balaban J connectivity index is 2.21. The summed E-state index contributed by atoms with van der Waals surface area (Å²) in [7, 11) is 1.84. The van der Waals surface area contributed by atoms with Crippen LogP contribution >= 0.6 is 0 Å². The van der Waals surface area contributed by atoms with Crippen LogP contribution in [0.1, 0.15) is 11.1 Å². The molecule has 0 heterocycles. The van der Waals surface area contributed by atoms with Crippen molar-refractivity contribution in [3.8, 4) is 5.75 Å². The van der Waals surface area contributed by atoms with Crippen molar-refractivity contribution in [3.05, 3.63) is 59.2 Å². The molecule has 2 aromatic carbocycles. The summed E-state index contributed by atoms with van der Waals surface area (Å²) >= 11 is 0. The largest absolute Gasteiger partial charge is 0.503 e. The Morgan fingerprint density at radius 3 is 2.32 bits per heavy atom. The average Bonchev–Trinajstić information content (AvgIpc) is 2.36. The van der Waals surface area contributed by atoms with E-state index >= 15 is 0 Å². The standard InChI is InChI=1S/C15H15F2NO/c1-10-4-3-5-12(6-10)18(2)9-11-7-13(16)15(19)14(17)8-11/h3-8,19H,9H2,1-2H3. The Labute approximate surface area is 110 Å². The topological polar surface area (TPSA) is 23.5 Å². The number of rotatable bonds is 3. The molecule has 1 N–H and O–H groups in total. The van der Waals surface area contributed by atoms with Crippen LogP contribution in [0.2, 0.25) is 0 Å². The molecule has 0 radical (unpaired) electrons. The fourth-order valence-electron chi connectivity index (χ4n) is 1.94. The smallest absolute Gasteiger partial charge is 0.187 e. The molecule has 0 fully saturated rings. The Morgan fingerprint density at radius 1 is 1.11 bits per heavy atom. The lowest BCUT2D eigenvalue weighted by atomic mass is 10.1. The van der Waals surface area contributed by atoms with E-state index in [1.165, 1.54) is 0 Å². The lowest BCUT2D eigenvalue weighted by Crippen LogP contribution is -2.16. The Kier molecular flexibility index (Phi) is 3.69. The van der Waals surface area contributed by atoms with Crippen LogP contribution in [0.5, 0.6) is 5.75 Å². The van der Waals surface area contributed by atoms with Gasteiger partial charge in [0.2, 0.25) is 0 Å². The van der Waals surface area contributed by atoms with E-state index in [0.717, 1.165) is 23.4 Å². The van der Waals surface area contributed by atoms with Crippen LogP contribution < -0.4 is 4.90 Å².